The standard InChI is InChI=1S/C17H14O7S/c1-22-10-8-12(23-2)14-13(9-10)24-17(19)16(15(14)18)25(20,21)11-6-4-3-5-7-11/h3-9,18H,1-2H3. The highest BCUT2D eigenvalue weighted by Crippen LogP contribution is 2.40. The fourth-order valence-electron chi connectivity index (χ4n) is 2.47. The molecule has 130 valence electrons. The first-order chi connectivity index (χ1) is 11.9. The highest BCUT2D eigenvalue weighted by Gasteiger charge is 2.30. The van der Waals surface area contributed by atoms with Crippen molar-refractivity contribution >= 4 is 20.8 Å². The molecular weight excluding hydrogens is 348 g/mol. The molecule has 2 aromatic carbocycles. The second-order valence-corrected chi connectivity index (χ2v) is 6.97. The molecule has 0 saturated carbocycles. The Morgan fingerprint density at radius 3 is 2.32 bits per heavy atom. The van der Waals surface area contributed by atoms with Crippen LogP contribution in [0.1, 0.15) is 0 Å². The maximum atomic E-state index is 12.8. The monoisotopic (exact) mass is 362 g/mol. The SMILES string of the molecule is COc1cc(OC)c2c(O)c(S(=O)(=O)c3ccccc3)c(=O)oc2c1. The Labute approximate surface area is 143 Å². The number of aromatic hydroxyl groups is 1. The zero-order chi connectivity index (χ0) is 18.2. The summed E-state index contributed by atoms with van der Waals surface area (Å²) in [6.45, 7) is 0. The molecular formula is C17H14O7S. The van der Waals surface area contributed by atoms with E-state index >= 15 is 0 Å². The number of rotatable bonds is 4. The van der Waals surface area contributed by atoms with Crippen molar-refractivity contribution in [3.05, 3.63) is 52.9 Å². The highest BCUT2D eigenvalue weighted by atomic mass is 32.2. The van der Waals surface area contributed by atoms with Crippen LogP contribution in [0.5, 0.6) is 17.2 Å². The van der Waals surface area contributed by atoms with Crippen molar-refractivity contribution in [1.29, 1.82) is 0 Å². The lowest BCUT2D eigenvalue weighted by Crippen LogP contribution is -2.15. The Bertz CT molecular complexity index is 1100. The van der Waals surface area contributed by atoms with E-state index in [0.29, 0.717) is 5.75 Å². The third-order valence-electron chi connectivity index (χ3n) is 3.66. The van der Waals surface area contributed by atoms with Crippen LogP contribution in [0.25, 0.3) is 11.0 Å². The van der Waals surface area contributed by atoms with Crippen molar-refractivity contribution in [2.45, 2.75) is 9.79 Å². The largest absolute Gasteiger partial charge is 0.505 e. The summed E-state index contributed by atoms with van der Waals surface area (Å²) in [7, 11) is -1.53. The highest BCUT2D eigenvalue weighted by molar-refractivity contribution is 7.91. The first-order valence-electron chi connectivity index (χ1n) is 7.12. The minimum absolute atomic E-state index is 0.0302. The second kappa shape index (κ2) is 6.14. The summed E-state index contributed by atoms with van der Waals surface area (Å²) in [5.41, 5.74) is -1.23. The van der Waals surface area contributed by atoms with Crippen molar-refractivity contribution in [1.82, 2.24) is 0 Å². The molecule has 0 aliphatic carbocycles. The van der Waals surface area contributed by atoms with Gasteiger partial charge in [0, 0.05) is 12.1 Å². The van der Waals surface area contributed by atoms with Gasteiger partial charge in [-0.25, -0.2) is 13.2 Å². The summed E-state index contributed by atoms with van der Waals surface area (Å²) in [4.78, 5) is 11.3. The number of hydrogen-bond donors (Lipinski definition) is 1. The summed E-state index contributed by atoms with van der Waals surface area (Å²) in [5.74, 6) is -0.291. The van der Waals surface area contributed by atoms with Gasteiger partial charge >= 0.3 is 5.63 Å². The molecule has 0 atom stereocenters. The number of hydrogen-bond acceptors (Lipinski definition) is 7. The molecule has 3 rings (SSSR count). The van der Waals surface area contributed by atoms with Crippen molar-refractivity contribution in [2.75, 3.05) is 14.2 Å². The van der Waals surface area contributed by atoms with Gasteiger partial charge in [-0.15, -0.1) is 0 Å². The van der Waals surface area contributed by atoms with Gasteiger partial charge in [0.15, 0.2) is 10.6 Å². The van der Waals surface area contributed by atoms with Gasteiger partial charge in [0.1, 0.15) is 22.5 Å². The molecule has 8 heteroatoms. The van der Waals surface area contributed by atoms with Crippen LogP contribution in [0.3, 0.4) is 0 Å². The molecule has 0 spiro atoms. The molecule has 1 heterocycles. The summed E-state index contributed by atoms with van der Waals surface area (Å²) in [5, 5.41) is 10.5. The molecule has 0 bridgehead atoms. The molecule has 3 aromatic rings. The Morgan fingerprint density at radius 2 is 1.72 bits per heavy atom. The molecule has 1 aromatic heterocycles. The third kappa shape index (κ3) is 2.70. The van der Waals surface area contributed by atoms with E-state index in [4.69, 9.17) is 13.9 Å². The van der Waals surface area contributed by atoms with Crippen LogP contribution in [0.15, 0.2) is 61.5 Å². The molecule has 0 unspecified atom stereocenters. The maximum absolute atomic E-state index is 12.8. The van der Waals surface area contributed by atoms with E-state index in [-0.39, 0.29) is 21.6 Å². The van der Waals surface area contributed by atoms with E-state index in [9.17, 15) is 18.3 Å². The van der Waals surface area contributed by atoms with E-state index in [1.54, 1.807) is 6.07 Å². The first-order valence-corrected chi connectivity index (χ1v) is 8.60. The van der Waals surface area contributed by atoms with Gasteiger partial charge in [0.2, 0.25) is 9.84 Å². The van der Waals surface area contributed by atoms with E-state index in [2.05, 4.69) is 0 Å². The minimum atomic E-state index is -4.28. The lowest BCUT2D eigenvalue weighted by Gasteiger charge is -2.11. The van der Waals surface area contributed by atoms with Crippen LogP contribution in [0.2, 0.25) is 0 Å². The Morgan fingerprint density at radius 1 is 1.04 bits per heavy atom. The minimum Gasteiger partial charge on any atom is -0.505 e. The summed E-state index contributed by atoms with van der Waals surface area (Å²) in [6.07, 6.45) is 0. The molecule has 1 N–H and O–H groups in total. The quantitative estimate of drug-likeness (QED) is 0.711. The average Bonchev–Trinajstić information content (AvgIpc) is 2.60. The third-order valence-corrected chi connectivity index (χ3v) is 5.45. The van der Waals surface area contributed by atoms with Gasteiger partial charge in [-0.1, -0.05) is 18.2 Å². The van der Waals surface area contributed by atoms with Gasteiger partial charge in [-0.05, 0) is 12.1 Å². The van der Waals surface area contributed by atoms with Gasteiger partial charge in [-0.2, -0.15) is 0 Å². The molecule has 0 radical (unpaired) electrons. The van der Waals surface area contributed by atoms with Crippen molar-refractivity contribution < 1.29 is 27.4 Å². The maximum Gasteiger partial charge on any atom is 0.359 e. The van der Waals surface area contributed by atoms with Crippen LogP contribution >= 0.6 is 0 Å². The average molecular weight is 362 g/mol. The van der Waals surface area contributed by atoms with Gasteiger partial charge in [0.05, 0.1) is 19.1 Å². The molecule has 0 amide bonds. The van der Waals surface area contributed by atoms with Crippen LogP contribution in [0, 0.1) is 0 Å². The number of ether oxygens (including phenoxy) is 2. The molecule has 7 nitrogen and oxygen atoms in total. The lowest BCUT2D eigenvalue weighted by molar-refractivity contribution is 0.390. The van der Waals surface area contributed by atoms with Crippen molar-refractivity contribution in [2.24, 2.45) is 0 Å². The molecule has 0 fully saturated rings. The van der Waals surface area contributed by atoms with E-state index in [1.165, 1.54) is 50.6 Å². The fourth-order valence-corrected chi connectivity index (χ4v) is 3.84. The van der Waals surface area contributed by atoms with Crippen LogP contribution in [-0.4, -0.2) is 27.7 Å². The Hall–Kier alpha value is -3.00. The van der Waals surface area contributed by atoms with Crippen LogP contribution < -0.4 is 15.1 Å². The van der Waals surface area contributed by atoms with Crippen molar-refractivity contribution in [3.8, 4) is 17.2 Å². The van der Waals surface area contributed by atoms with Gasteiger partial charge in [-0.3, -0.25) is 0 Å². The number of sulfone groups is 1. The van der Waals surface area contributed by atoms with E-state index in [1.807, 2.05) is 0 Å². The predicted octanol–water partition coefficient (Wildman–Crippen LogP) is 2.35. The zero-order valence-corrected chi connectivity index (χ0v) is 14.2. The zero-order valence-electron chi connectivity index (χ0n) is 13.3. The molecule has 25 heavy (non-hydrogen) atoms. The van der Waals surface area contributed by atoms with E-state index in [0.717, 1.165) is 0 Å². The summed E-state index contributed by atoms with van der Waals surface area (Å²) in [6, 6.07) is 10.1. The normalized spacial score (nSPS) is 11.4. The van der Waals surface area contributed by atoms with Crippen LogP contribution in [-0.2, 0) is 9.84 Å². The number of methoxy groups -OCH3 is 2. The Balaban J connectivity index is 2.40. The van der Waals surface area contributed by atoms with Crippen molar-refractivity contribution in [3.63, 3.8) is 0 Å². The molecule has 0 aliphatic heterocycles. The molecule has 0 saturated heterocycles. The number of benzene rings is 2. The smallest absolute Gasteiger partial charge is 0.359 e. The van der Waals surface area contributed by atoms with Gasteiger partial charge in [0.25, 0.3) is 0 Å². The topological polar surface area (TPSA) is 103 Å². The van der Waals surface area contributed by atoms with E-state index < -0.39 is 26.1 Å². The molecule has 0 aliphatic rings. The van der Waals surface area contributed by atoms with Gasteiger partial charge < -0.3 is 19.0 Å². The second-order valence-electron chi connectivity index (χ2n) is 5.09. The summed E-state index contributed by atoms with van der Waals surface area (Å²) < 4.78 is 40.9. The predicted molar refractivity (Wildman–Crippen MR) is 89.1 cm³/mol. The summed E-state index contributed by atoms with van der Waals surface area (Å²) >= 11 is 0. The lowest BCUT2D eigenvalue weighted by atomic mass is 10.2. The fraction of sp³-hybridized carbons (Fsp3) is 0.118. The number of fused-ring (bicyclic) bond motifs is 1. The van der Waals surface area contributed by atoms with Crippen LogP contribution in [0.4, 0.5) is 0 Å². The first kappa shape index (κ1) is 16.8. The Kier molecular flexibility index (Phi) is 4.13.